The fourth-order valence-electron chi connectivity index (χ4n) is 1.77. The van der Waals surface area contributed by atoms with Gasteiger partial charge in [-0.15, -0.1) is 0 Å². The molecule has 2 N–H and O–H groups in total. The molecule has 5 nitrogen and oxygen atoms in total. The third kappa shape index (κ3) is 4.23. The highest BCUT2D eigenvalue weighted by molar-refractivity contribution is 7.58. The molecule has 0 unspecified atom stereocenters. The second-order valence-electron chi connectivity index (χ2n) is 4.29. The normalized spacial score (nSPS) is 15.6. The zero-order chi connectivity index (χ0) is 14.5. The van der Waals surface area contributed by atoms with E-state index in [0.29, 0.717) is 24.5 Å². The Morgan fingerprint density at radius 2 is 1.89 bits per heavy atom. The number of benzene rings is 1. The van der Waals surface area contributed by atoms with Crippen molar-refractivity contribution in [2.24, 2.45) is 5.73 Å². The van der Waals surface area contributed by atoms with Crippen molar-refractivity contribution in [3.63, 3.8) is 0 Å². The van der Waals surface area contributed by atoms with Gasteiger partial charge in [0, 0.05) is 6.66 Å². The second-order valence-corrected chi connectivity index (χ2v) is 7.03. The molecule has 1 aromatic carbocycles. The Bertz CT molecular complexity index is 464. The van der Waals surface area contributed by atoms with Crippen LogP contribution >= 0.6 is 7.37 Å². The van der Waals surface area contributed by atoms with E-state index in [0.717, 1.165) is 5.56 Å². The lowest BCUT2D eigenvalue weighted by molar-refractivity contribution is 0.329. The molecule has 0 aromatic heterocycles. The number of methoxy groups -OCH3 is 2. The number of nitrogens with two attached hydrogens (primary N) is 1. The lowest BCUT2D eigenvalue weighted by Crippen LogP contribution is -2.23. The van der Waals surface area contributed by atoms with Crippen molar-refractivity contribution in [3.05, 3.63) is 23.8 Å². The topological polar surface area (TPSA) is 70.8 Å². The molecule has 0 aliphatic rings. The van der Waals surface area contributed by atoms with Gasteiger partial charge in [-0.3, -0.25) is 4.57 Å². The maximum atomic E-state index is 12.2. The minimum Gasteiger partial charge on any atom is -0.493 e. The molecule has 0 saturated carbocycles. The molecule has 0 aliphatic carbocycles. The van der Waals surface area contributed by atoms with E-state index in [1.165, 1.54) is 0 Å². The van der Waals surface area contributed by atoms with Crippen molar-refractivity contribution in [1.82, 2.24) is 0 Å². The van der Waals surface area contributed by atoms with Crippen LogP contribution in [0.3, 0.4) is 0 Å². The molecule has 1 aromatic rings. The van der Waals surface area contributed by atoms with Gasteiger partial charge < -0.3 is 19.7 Å². The number of rotatable bonds is 7. The molecule has 0 heterocycles. The van der Waals surface area contributed by atoms with E-state index in [9.17, 15) is 4.57 Å². The Kier molecular flexibility index (Phi) is 5.85. The van der Waals surface area contributed by atoms with Crippen molar-refractivity contribution in [3.8, 4) is 11.5 Å². The van der Waals surface area contributed by atoms with Crippen LogP contribution in [-0.4, -0.2) is 33.3 Å². The summed E-state index contributed by atoms with van der Waals surface area (Å²) in [5, 5.41) is 0. The molecule has 0 saturated heterocycles. The van der Waals surface area contributed by atoms with E-state index in [-0.39, 0.29) is 0 Å². The summed E-state index contributed by atoms with van der Waals surface area (Å²) in [6, 6.07) is 5.53. The van der Waals surface area contributed by atoms with Crippen molar-refractivity contribution >= 4 is 7.37 Å². The molecule has 0 amide bonds. The van der Waals surface area contributed by atoms with Crippen molar-refractivity contribution in [2.75, 3.05) is 27.5 Å². The molecular formula is C13H22NO4P. The molecule has 19 heavy (non-hydrogen) atoms. The smallest absolute Gasteiger partial charge is 0.216 e. The monoisotopic (exact) mass is 287 g/mol. The minimum atomic E-state index is -2.79. The Morgan fingerprint density at radius 1 is 1.26 bits per heavy atom. The maximum Gasteiger partial charge on any atom is 0.216 e. The van der Waals surface area contributed by atoms with Crippen molar-refractivity contribution < 1.29 is 18.6 Å². The number of hydrogen-bond acceptors (Lipinski definition) is 5. The van der Waals surface area contributed by atoms with Gasteiger partial charge in [0.2, 0.25) is 7.37 Å². The molecule has 0 aliphatic heterocycles. The Morgan fingerprint density at radius 3 is 2.42 bits per heavy atom. The third-order valence-corrected chi connectivity index (χ3v) is 5.04. The van der Waals surface area contributed by atoms with Gasteiger partial charge in [0.1, 0.15) is 0 Å². The van der Waals surface area contributed by atoms with E-state index >= 15 is 0 Å². The third-order valence-electron chi connectivity index (χ3n) is 2.88. The molecule has 6 heteroatoms. The number of ether oxygens (including phenoxy) is 2. The van der Waals surface area contributed by atoms with Gasteiger partial charge in [-0.25, -0.2) is 0 Å². The molecular weight excluding hydrogens is 265 g/mol. The zero-order valence-electron chi connectivity index (χ0n) is 11.9. The van der Waals surface area contributed by atoms with Gasteiger partial charge in [-0.2, -0.15) is 0 Å². The highest BCUT2D eigenvalue weighted by atomic mass is 31.2. The van der Waals surface area contributed by atoms with Gasteiger partial charge in [-0.1, -0.05) is 6.07 Å². The van der Waals surface area contributed by atoms with E-state index in [4.69, 9.17) is 19.7 Å². The average Bonchev–Trinajstić information content (AvgIpc) is 2.38. The predicted octanol–water partition coefficient (Wildman–Crippen LogP) is 2.48. The largest absolute Gasteiger partial charge is 0.493 e. The fourth-order valence-corrected chi connectivity index (χ4v) is 3.01. The van der Waals surface area contributed by atoms with Crippen LogP contribution in [0.4, 0.5) is 0 Å². The Balaban J connectivity index is 2.85. The highest BCUT2D eigenvalue weighted by Crippen LogP contribution is 2.46. The van der Waals surface area contributed by atoms with Gasteiger partial charge in [-0.05, 0) is 31.0 Å². The first-order chi connectivity index (χ1) is 8.94. The molecule has 108 valence electrons. The predicted molar refractivity (Wildman–Crippen MR) is 76.4 cm³/mol. The Labute approximate surface area is 114 Å². The number of hydrogen-bond donors (Lipinski definition) is 1. The molecule has 1 rings (SSSR count). The van der Waals surface area contributed by atoms with E-state index in [1.54, 1.807) is 27.8 Å². The van der Waals surface area contributed by atoms with E-state index < -0.39 is 13.2 Å². The molecule has 0 spiro atoms. The quantitative estimate of drug-likeness (QED) is 0.780. The highest BCUT2D eigenvalue weighted by Gasteiger charge is 2.25. The second kappa shape index (κ2) is 6.94. The summed E-state index contributed by atoms with van der Waals surface area (Å²) >= 11 is 0. The summed E-state index contributed by atoms with van der Waals surface area (Å²) in [5.74, 6) is 0.768. The fraction of sp³-hybridized carbons (Fsp3) is 0.538. The first-order valence-corrected chi connectivity index (χ1v) is 8.27. The lowest BCUT2D eigenvalue weighted by Gasteiger charge is -2.20. The molecule has 0 bridgehead atoms. The first kappa shape index (κ1) is 16.0. The van der Waals surface area contributed by atoms with E-state index in [1.807, 2.05) is 18.2 Å². The zero-order valence-corrected chi connectivity index (χ0v) is 12.8. The summed E-state index contributed by atoms with van der Waals surface area (Å²) < 4.78 is 27.8. The van der Waals surface area contributed by atoms with Crippen LogP contribution in [-0.2, 0) is 15.5 Å². The van der Waals surface area contributed by atoms with Gasteiger partial charge in [0.15, 0.2) is 11.5 Å². The maximum absolute atomic E-state index is 12.2. The lowest BCUT2D eigenvalue weighted by atomic mass is 10.1. The van der Waals surface area contributed by atoms with Crippen molar-refractivity contribution in [1.29, 1.82) is 0 Å². The molecule has 2 atom stereocenters. The van der Waals surface area contributed by atoms with Gasteiger partial charge in [0.25, 0.3) is 0 Å². The summed E-state index contributed by atoms with van der Waals surface area (Å²) in [6.07, 6.45) is 0.466. The van der Waals surface area contributed by atoms with Crippen LogP contribution in [0.1, 0.15) is 12.5 Å². The summed E-state index contributed by atoms with van der Waals surface area (Å²) in [6.45, 7) is 3.77. The van der Waals surface area contributed by atoms with Crippen LogP contribution < -0.4 is 15.2 Å². The summed E-state index contributed by atoms with van der Waals surface area (Å²) in [5.41, 5.74) is 6.91. The van der Waals surface area contributed by atoms with Gasteiger partial charge >= 0.3 is 0 Å². The Hall–Kier alpha value is -1.03. The standard InChI is InChI=1S/C13H22NO4P/c1-5-18-19(4,15)13(14)9-10-6-7-11(16-2)12(8-10)17-3/h6-8,13H,5,9,14H2,1-4H3/t13-,19+/m0/s1. The van der Waals surface area contributed by atoms with Crippen LogP contribution in [0.5, 0.6) is 11.5 Å². The van der Waals surface area contributed by atoms with Crippen LogP contribution in [0.2, 0.25) is 0 Å². The van der Waals surface area contributed by atoms with Crippen LogP contribution in [0.25, 0.3) is 0 Å². The minimum absolute atomic E-state index is 0.396. The molecule has 0 fully saturated rings. The van der Waals surface area contributed by atoms with Crippen LogP contribution in [0.15, 0.2) is 18.2 Å². The summed E-state index contributed by atoms with van der Waals surface area (Å²) in [4.78, 5) is 0. The van der Waals surface area contributed by atoms with Crippen molar-refractivity contribution in [2.45, 2.75) is 19.1 Å². The first-order valence-electron chi connectivity index (χ1n) is 6.12. The SMILES string of the molecule is CCO[P@@](C)(=O)[C@H](N)Cc1ccc(OC)c(OC)c1. The van der Waals surface area contributed by atoms with Crippen LogP contribution in [0, 0.1) is 0 Å². The van der Waals surface area contributed by atoms with Gasteiger partial charge in [0.05, 0.1) is 26.6 Å². The summed E-state index contributed by atoms with van der Waals surface area (Å²) in [7, 11) is 0.372. The molecule has 0 radical (unpaired) electrons. The van der Waals surface area contributed by atoms with E-state index in [2.05, 4.69) is 0 Å². The average molecular weight is 287 g/mol.